The van der Waals surface area contributed by atoms with Gasteiger partial charge in [-0.3, -0.25) is 4.79 Å². The molecule has 0 saturated heterocycles. The molecule has 6 heteroatoms. The average Bonchev–Trinajstić information content (AvgIpc) is 3.21. The molecule has 1 aromatic heterocycles. The summed E-state index contributed by atoms with van der Waals surface area (Å²) in [6, 6.07) is 9.80. The van der Waals surface area contributed by atoms with Crippen LogP contribution in [-0.2, 0) is 11.3 Å². The highest BCUT2D eigenvalue weighted by Crippen LogP contribution is 2.42. The fourth-order valence-corrected chi connectivity index (χ4v) is 5.06. The van der Waals surface area contributed by atoms with Crippen molar-refractivity contribution in [3.8, 4) is 11.8 Å². The van der Waals surface area contributed by atoms with Crippen LogP contribution >= 0.6 is 23.3 Å². The van der Waals surface area contributed by atoms with Gasteiger partial charge in [0.1, 0.15) is 6.04 Å². The lowest BCUT2D eigenvalue weighted by Gasteiger charge is -2.20. The first-order valence-electron chi connectivity index (χ1n) is 9.07. The Kier molecular flexibility index (Phi) is 7.78. The van der Waals surface area contributed by atoms with Crippen molar-refractivity contribution in [1.29, 1.82) is 0 Å². The third-order valence-electron chi connectivity index (χ3n) is 4.02. The maximum Gasteiger partial charge on any atom is 0.321 e. The number of carboxylic acid groups (broad SMARTS) is 1. The van der Waals surface area contributed by atoms with E-state index in [0.717, 1.165) is 21.0 Å². The maximum absolute atomic E-state index is 11.3. The van der Waals surface area contributed by atoms with Crippen LogP contribution in [0.4, 0.5) is 5.69 Å². The van der Waals surface area contributed by atoms with Gasteiger partial charge in [-0.15, -0.1) is 11.3 Å². The lowest BCUT2D eigenvalue weighted by molar-refractivity contribution is -0.141. The van der Waals surface area contributed by atoms with Gasteiger partial charge >= 0.3 is 5.97 Å². The van der Waals surface area contributed by atoms with Gasteiger partial charge in [0.25, 0.3) is 0 Å². The second-order valence-electron chi connectivity index (χ2n) is 6.02. The van der Waals surface area contributed by atoms with Crippen molar-refractivity contribution in [3.05, 3.63) is 45.6 Å². The van der Waals surface area contributed by atoms with Crippen LogP contribution < -0.4 is 4.90 Å². The number of hydrogen-bond acceptors (Lipinski definition) is 5. The molecule has 1 unspecified atom stereocenters. The smallest absolute Gasteiger partial charge is 0.321 e. The molecule has 0 amide bonds. The molecule has 0 radical (unpaired) electrons. The Bertz CT molecular complexity index is 809. The largest absolute Gasteiger partial charge is 0.480 e. The number of benzene rings is 1. The predicted octanol–water partition coefficient (Wildman–Crippen LogP) is 4.93. The highest BCUT2D eigenvalue weighted by atomic mass is 32.2. The first-order valence-corrected chi connectivity index (χ1v) is 10.7. The Hall–Kier alpha value is -1.94. The van der Waals surface area contributed by atoms with Gasteiger partial charge in [-0.1, -0.05) is 32.6 Å². The summed E-state index contributed by atoms with van der Waals surface area (Å²) in [5.74, 6) is 5.67. The van der Waals surface area contributed by atoms with E-state index in [-0.39, 0.29) is 0 Å². The lowest BCUT2D eigenvalue weighted by atomic mass is 10.2. The maximum atomic E-state index is 11.3. The molecule has 0 fully saturated rings. The number of aliphatic carboxylic acids is 1. The molecule has 2 aromatic rings. The normalized spacial score (nSPS) is 13.7. The fourth-order valence-electron chi connectivity index (χ4n) is 2.61. The number of carbonyl (C=O) groups is 1. The standard InChI is InChI=1S/C19H20N2O2S2.C2H6/c1-4-16(19(22)23)21-12-18-17(25-21)11-15(24-18)10-7-13-5-8-14(9-6-13)20(2)3;1-2/h5-6,8-9,11,16H,4,12H2,1-3H3,(H,22,23);1-2H3. The van der Waals surface area contributed by atoms with Gasteiger partial charge in [0.2, 0.25) is 0 Å². The topological polar surface area (TPSA) is 43.8 Å². The van der Waals surface area contributed by atoms with Gasteiger partial charge in [-0.05, 0) is 48.7 Å². The Morgan fingerprint density at radius 1 is 1.26 bits per heavy atom. The molecule has 0 aliphatic carbocycles. The fraction of sp³-hybridized carbons (Fsp3) is 0.381. The van der Waals surface area contributed by atoms with Gasteiger partial charge in [0, 0.05) is 41.7 Å². The molecular formula is C21H26N2O2S2. The van der Waals surface area contributed by atoms with E-state index < -0.39 is 12.0 Å². The zero-order valence-electron chi connectivity index (χ0n) is 16.4. The number of hydrogen-bond donors (Lipinski definition) is 1. The molecular weight excluding hydrogens is 376 g/mol. The van der Waals surface area contributed by atoms with E-state index in [0.29, 0.717) is 13.0 Å². The van der Waals surface area contributed by atoms with E-state index in [2.05, 4.69) is 34.9 Å². The summed E-state index contributed by atoms with van der Waals surface area (Å²) >= 11 is 3.19. The molecule has 27 heavy (non-hydrogen) atoms. The summed E-state index contributed by atoms with van der Waals surface area (Å²) in [5.41, 5.74) is 2.14. The van der Waals surface area contributed by atoms with Gasteiger partial charge in [0.15, 0.2) is 0 Å². The van der Waals surface area contributed by atoms with E-state index in [4.69, 9.17) is 0 Å². The Balaban J connectivity index is 0.00000126. The summed E-state index contributed by atoms with van der Waals surface area (Å²) in [6.45, 7) is 6.58. The Morgan fingerprint density at radius 3 is 2.44 bits per heavy atom. The van der Waals surface area contributed by atoms with Gasteiger partial charge in [-0.25, -0.2) is 4.31 Å². The van der Waals surface area contributed by atoms with Crippen molar-refractivity contribution in [2.45, 2.75) is 44.7 Å². The third kappa shape index (κ3) is 5.29. The molecule has 1 aliphatic heterocycles. The second kappa shape index (κ2) is 9.84. The van der Waals surface area contributed by atoms with E-state index in [9.17, 15) is 9.90 Å². The zero-order chi connectivity index (χ0) is 20.0. The average molecular weight is 403 g/mol. The number of nitrogens with zero attached hydrogens (tertiary/aromatic N) is 2. The van der Waals surface area contributed by atoms with Crippen LogP contribution in [-0.4, -0.2) is 35.5 Å². The number of thiophene rings is 1. The Morgan fingerprint density at radius 2 is 1.93 bits per heavy atom. The molecule has 2 heterocycles. The van der Waals surface area contributed by atoms with Gasteiger partial charge in [0.05, 0.1) is 4.88 Å². The first-order chi connectivity index (χ1) is 13.0. The summed E-state index contributed by atoms with van der Waals surface area (Å²) in [4.78, 5) is 16.7. The highest BCUT2D eigenvalue weighted by molar-refractivity contribution is 7.97. The van der Waals surface area contributed by atoms with E-state index >= 15 is 0 Å². The molecule has 0 bridgehead atoms. The lowest BCUT2D eigenvalue weighted by Crippen LogP contribution is -2.33. The second-order valence-corrected chi connectivity index (χ2v) is 8.25. The molecule has 1 aromatic carbocycles. The quantitative estimate of drug-likeness (QED) is 0.580. The number of fused-ring (bicyclic) bond motifs is 1. The van der Waals surface area contributed by atoms with Crippen molar-refractivity contribution in [2.24, 2.45) is 0 Å². The molecule has 0 saturated carbocycles. The van der Waals surface area contributed by atoms with E-state index in [1.165, 1.54) is 16.8 Å². The van der Waals surface area contributed by atoms with E-state index in [1.807, 2.05) is 51.3 Å². The minimum Gasteiger partial charge on any atom is -0.480 e. The summed E-state index contributed by atoms with van der Waals surface area (Å²) in [5, 5.41) is 9.29. The van der Waals surface area contributed by atoms with Crippen LogP contribution in [0.2, 0.25) is 0 Å². The molecule has 3 rings (SSSR count). The minimum absolute atomic E-state index is 0.436. The van der Waals surface area contributed by atoms with Crippen molar-refractivity contribution >= 4 is 34.9 Å². The van der Waals surface area contributed by atoms with Crippen LogP contribution in [0.5, 0.6) is 0 Å². The van der Waals surface area contributed by atoms with Crippen molar-refractivity contribution in [2.75, 3.05) is 19.0 Å². The Labute approximate surface area is 170 Å². The first kappa shape index (κ1) is 21.4. The SMILES string of the molecule is CC.CCC(C(=O)O)N1Cc2sc(C#Cc3ccc(N(C)C)cc3)cc2S1. The molecule has 4 nitrogen and oxygen atoms in total. The molecule has 1 atom stereocenters. The van der Waals surface area contributed by atoms with Crippen LogP contribution in [0.1, 0.15) is 42.5 Å². The van der Waals surface area contributed by atoms with Crippen molar-refractivity contribution in [1.82, 2.24) is 4.31 Å². The summed E-state index contributed by atoms with van der Waals surface area (Å²) < 4.78 is 1.95. The summed E-state index contributed by atoms with van der Waals surface area (Å²) in [7, 11) is 4.03. The highest BCUT2D eigenvalue weighted by Gasteiger charge is 2.31. The molecule has 1 aliphatic rings. The molecule has 1 N–H and O–H groups in total. The number of rotatable bonds is 4. The van der Waals surface area contributed by atoms with Crippen LogP contribution in [0.15, 0.2) is 35.2 Å². The van der Waals surface area contributed by atoms with Crippen LogP contribution in [0.25, 0.3) is 0 Å². The summed E-state index contributed by atoms with van der Waals surface area (Å²) in [6.07, 6.45) is 0.604. The number of anilines is 1. The number of carboxylic acids is 1. The van der Waals surface area contributed by atoms with Crippen LogP contribution in [0.3, 0.4) is 0 Å². The van der Waals surface area contributed by atoms with Gasteiger partial charge in [-0.2, -0.15) is 0 Å². The minimum atomic E-state index is -0.758. The van der Waals surface area contributed by atoms with Gasteiger partial charge < -0.3 is 10.0 Å². The van der Waals surface area contributed by atoms with E-state index in [1.54, 1.807) is 11.3 Å². The predicted molar refractivity (Wildman–Crippen MR) is 116 cm³/mol. The molecule has 0 spiro atoms. The zero-order valence-corrected chi connectivity index (χ0v) is 18.1. The van der Waals surface area contributed by atoms with Crippen LogP contribution in [0, 0.1) is 11.8 Å². The molecule has 144 valence electrons. The van der Waals surface area contributed by atoms with Crippen molar-refractivity contribution < 1.29 is 9.90 Å². The third-order valence-corrected chi connectivity index (χ3v) is 6.36. The van der Waals surface area contributed by atoms with Crippen molar-refractivity contribution in [3.63, 3.8) is 0 Å². The monoisotopic (exact) mass is 402 g/mol.